The summed E-state index contributed by atoms with van der Waals surface area (Å²) in [6.45, 7) is 6.52. The largest absolute Gasteiger partial charge is 0.462 e. The molecule has 0 bridgehead atoms. The van der Waals surface area contributed by atoms with Gasteiger partial charge in [-0.1, -0.05) is 291 Å². The van der Waals surface area contributed by atoms with Crippen molar-refractivity contribution in [3.63, 3.8) is 0 Å². The van der Waals surface area contributed by atoms with Gasteiger partial charge in [0.15, 0.2) is 6.10 Å². The van der Waals surface area contributed by atoms with Crippen molar-refractivity contribution < 1.29 is 28.6 Å². The molecule has 6 heteroatoms. The first-order chi connectivity index (χ1) is 38.5. The zero-order valence-corrected chi connectivity index (χ0v) is 51.2. The van der Waals surface area contributed by atoms with Gasteiger partial charge in [-0.05, 0) is 109 Å². The van der Waals surface area contributed by atoms with Gasteiger partial charge < -0.3 is 14.2 Å². The second-order valence-corrected chi connectivity index (χ2v) is 21.6. The van der Waals surface area contributed by atoms with Crippen molar-refractivity contribution >= 4 is 17.9 Å². The van der Waals surface area contributed by atoms with E-state index in [1.54, 1.807) is 0 Å². The van der Waals surface area contributed by atoms with E-state index < -0.39 is 6.10 Å². The van der Waals surface area contributed by atoms with Crippen LogP contribution in [0, 0.1) is 0 Å². The van der Waals surface area contributed by atoms with Crippen molar-refractivity contribution in [1.29, 1.82) is 0 Å². The van der Waals surface area contributed by atoms with E-state index in [2.05, 4.69) is 130 Å². The van der Waals surface area contributed by atoms with E-state index in [0.29, 0.717) is 19.3 Å². The maximum Gasteiger partial charge on any atom is 0.306 e. The fourth-order valence-corrected chi connectivity index (χ4v) is 9.10. The lowest BCUT2D eigenvalue weighted by molar-refractivity contribution is -0.167. The third-order valence-corrected chi connectivity index (χ3v) is 14.0. The molecule has 446 valence electrons. The van der Waals surface area contributed by atoms with Gasteiger partial charge >= 0.3 is 17.9 Å². The molecule has 0 aliphatic carbocycles. The number of esters is 3. The van der Waals surface area contributed by atoms with Crippen LogP contribution in [0.25, 0.3) is 0 Å². The van der Waals surface area contributed by atoms with Crippen LogP contribution in [0.1, 0.15) is 310 Å². The molecule has 0 aliphatic heterocycles. The molecule has 0 spiro atoms. The maximum absolute atomic E-state index is 12.9. The molecule has 1 atom stereocenters. The summed E-state index contributed by atoms with van der Waals surface area (Å²) in [6, 6.07) is 0. The molecule has 0 N–H and O–H groups in total. The lowest BCUT2D eigenvalue weighted by atomic mass is 10.0. The molecule has 0 aromatic rings. The Hall–Kier alpha value is -3.93. The summed E-state index contributed by atoms with van der Waals surface area (Å²) in [5.41, 5.74) is 0. The minimum Gasteiger partial charge on any atom is -0.462 e. The minimum atomic E-state index is -0.790. The van der Waals surface area contributed by atoms with E-state index in [9.17, 15) is 14.4 Å². The van der Waals surface area contributed by atoms with E-state index in [-0.39, 0.29) is 31.1 Å². The minimum absolute atomic E-state index is 0.0844. The summed E-state index contributed by atoms with van der Waals surface area (Å²) < 4.78 is 16.9. The monoisotopic (exact) mass is 1080 g/mol. The Labute approximate surface area is 482 Å². The first-order valence-corrected chi connectivity index (χ1v) is 32.9. The number of ether oxygens (including phenoxy) is 3. The van der Waals surface area contributed by atoms with E-state index in [0.717, 1.165) is 128 Å². The summed E-state index contributed by atoms with van der Waals surface area (Å²) in [5.74, 6) is -0.900. The fourth-order valence-electron chi connectivity index (χ4n) is 9.10. The SMILES string of the molecule is CC/C=C\C/C=C\C/C=C\C/C=C\C/C=C\C/C=C\C/C=C\CCCCCCCC(=O)OCC(COC(=O)CCCCCCCCCCCCCC)OC(=O)CCCCCCCCCCC/C=C\C/C=C\CCCCCCC. The van der Waals surface area contributed by atoms with Crippen molar-refractivity contribution in [1.82, 2.24) is 0 Å². The van der Waals surface area contributed by atoms with Crippen LogP contribution in [0.3, 0.4) is 0 Å². The Morgan fingerprint density at radius 2 is 0.500 bits per heavy atom. The smallest absolute Gasteiger partial charge is 0.306 e. The van der Waals surface area contributed by atoms with Gasteiger partial charge in [0.05, 0.1) is 0 Å². The highest BCUT2D eigenvalue weighted by atomic mass is 16.6. The van der Waals surface area contributed by atoms with Crippen molar-refractivity contribution in [2.75, 3.05) is 13.2 Å². The molecule has 0 rings (SSSR count). The highest BCUT2D eigenvalue weighted by Crippen LogP contribution is 2.16. The third-order valence-electron chi connectivity index (χ3n) is 14.0. The molecule has 0 aromatic heterocycles. The van der Waals surface area contributed by atoms with Gasteiger partial charge in [0.1, 0.15) is 13.2 Å². The van der Waals surface area contributed by atoms with Gasteiger partial charge in [0.2, 0.25) is 0 Å². The molecule has 0 heterocycles. The molecule has 1 unspecified atom stereocenters. The van der Waals surface area contributed by atoms with Crippen LogP contribution >= 0.6 is 0 Å². The van der Waals surface area contributed by atoms with Gasteiger partial charge in [-0.3, -0.25) is 14.4 Å². The van der Waals surface area contributed by atoms with Crippen molar-refractivity contribution in [2.24, 2.45) is 0 Å². The molecule has 0 saturated heterocycles. The number of carbonyl (C=O) groups excluding carboxylic acids is 3. The molecule has 0 aliphatic rings. The van der Waals surface area contributed by atoms with Crippen molar-refractivity contribution in [3.05, 3.63) is 109 Å². The number of hydrogen-bond donors (Lipinski definition) is 0. The van der Waals surface area contributed by atoms with Crippen LogP contribution in [0.4, 0.5) is 0 Å². The summed E-state index contributed by atoms with van der Waals surface area (Å²) in [4.78, 5) is 38.3. The van der Waals surface area contributed by atoms with E-state index >= 15 is 0 Å². The molecule has 6 nitrogen and oxygen atoms in total. The molecule has 0 aromatic carbocycles. The predicted octanol–water partition coefficient (Wildman–Crippen LogP) is 22.6. The first-order valence-electron chi connectivity index (χ1n) is 32.9. The predicted molar refractivity (Wildman–Crippen MR) is 339 cm³/mol. The zero-order chi connectivity index (χ0) is 56.4. The van der Waals surface area contributed by atoms with Crippen LogP contribution in [0.2, 0.25) is 0 Å². The van der Waals surface area contributed by atoms with Crippen LogP contribution in [0.5, 0.6) is 0 Å². The second kappa shape index (κ2) is 65.6. The lowest BCUT2D eigenvalue weighted by Crippen LogP contribution is -2.30. The quantitative estimate of drug-likeness (QED) is 0.0261. The van der Waals surface area contributed by atoms with Crippen LogP contribution in [-0.4, -0.2) is 37.2 Å². The number of carbonyl (C=O) groups is 3. The Morgan fingerprint density at radius 3 is 0.782 bits per heavy atom. The number of rotatable bonds is 59. The molecular weight excluding hydrogens is 961 g/mol. The average molecular weight is 1080 g/mol. The second-order valence-electron chi connectivity index (χ2n) is 21.6. The first kappa shape index (κ1) is 74.1. The topological polar surface area (TPSA) is 78.9 Å². The summed E-state index contributed by atoms with van der Waals surface area (Å²) in [7, 11) is 0. The number of hydrogen-bond acceptors (Lipinski definition) is 6. The lowest BCUT2D eigenvalue weighted by Gasteiger charge is -2.18. The summed E-state index contributed by atoms with van der Waals surface area (Å²) in [5, 5.41) is 0. The highest BCUT2D eigenvalue weighted by molar-refractivity contribution is 5.71. The van der Waals surface area contributed by atoms with Gasteiger partial charge in [-0.15, -0.1) is 0 Å². The Balaban J connectivity index is 4.36. The van der Waals surface area contributed by atoms with E-state index in [4.69, 9.17) is 14.2 Å². The summed E-state index contributed by atoms with van der Waals surface area (Å²) >= 11 is 0. The fraction of sp³-hybridized carbons (Fsp3) is 0.708. The molecule has 0 amide bonds. The van der Waals surface area contributed by atoms with Gasteiger partial charge in [0, 0.05) is 19.3 Å². The maximum atomic E-state index is 12.9. The van der Waals surface area contributed by atoms with Gasteiger partial charge in [-0.2, -0.15) is 0 Å². The number of unbranched alkanes of at least 4 members (excludes halogenated alkanes) is 30. The normalized spacial score (nSPS) is 12.8. The Kier molecular flexibility index (Phi) is 62.3. The zero-order valence-electron chi connectivity index (χ0n) is 51.2. The summed E-state index contributed by atoms with van der Waals surface area (Å²) in [6.07, 6.45) is 89.5. The Bertz CT molecular complexity index is 1570. The van der Waals surface area contributed by atoms with Crippen LogP contribution < -0.4 is 0 Å². The highest BCUT2D eigenvalue weighted by Gasteiger charge is 2.19. The molecule has 0 fully saturated rings. The standard InChI is InChI=1S/C72H122O6/c1-4-7-10-13-16-19-22-25-27-29-31-33-34-35-36-37-38-40-41-43-45-47-50-53-56-59-62-65-71(74)77-68-69(67-76-70(73)64-61-58-55-52-49-24-21-18-15-12-9-6-3)78-72(75)66-63-60-57-54-51-48-46-44-42-39-32-30-28-26-23-20-17-14-11-8-5-2/h7,10,16,19,23,25-27,30-33,35-36,38,40,43,45,69H,4-6,8-9,11-15,17-18,20-22,24,28-29,34,37,39,41-42,44,46-68H2,1-3H3/b10-7-,19-16-,26-23-,27-25-,32-30-,33-31-,36-35-,40-38-,45-43-. The number of allylic oxidation sites excluding steroid dienone is 18. The molecule has 0 saturated carbocycles. The molecular formula is C72H122O6. The van der Waals surface area contributed by atoms with E-state index in [1.807, 2.05) is 0 Å². The average Bonchev–Trinajstić information content (AvgIpc) is 3.44. The van der Waals surface area contributed by atoms with Crippen LogP contribution in [-0.2, 0) is 28.6 Å². The van der Waals surface area contributed by atoms with Crippen LogP contribution in [0.15, 0.2) is 109 Å². The van der Waals surface area contributed by atoms with Crippen molar-refractivity contribution in [2.45, 2.75) is 316 Å². The van der Waals surface area contributed by atoms with Gasteiger partial charge in [-0.25, -0.2) is 0 Å². The third kappa shape index (κ3) is 62.9. The van der Waals surface area contributed by atoms with Gasteiger partial charge in [0.25, 0.3) is 0 Å². The van der Waals surface area contributed by atoms with E-state index in [1.165, 1.54) is 141 Å². The Morgan fingerprint density at radius 1 is 0.269 bits per heavy atom. The van der Waals surface area contributed by atoms with Crippen molar-refractivity contribution in [3.8, 4) is 0 Å². The molecule has 78 heavy (non-hydrogen) atoms. The molecule has 0 radical (unpaired) electrons.